The van der Waals surface area contributed by atoms with E-state index in [1.807, 2.05) is 6.92 Å². The topological polar surface area (TPSA) is 115 Å². The summed E-state index contributed by atoms with van der Waals surface area (Å²) in [6.07, 6.45) is 0.962. The third kappa shape index (κ3) is 2.66. The van der Waals surface area contributed by atoms with E-state index in [9.17, 15) is 18.0 Å². The van der Waals surface area contributed by atoms with Crippen LogP contribution in [0, 0.1) is 6.92 Å². The lowest BCUT2D eigenvalue weighted by atomic mass is 10.1. The molecule has 0 unspecified atom stereocenters. The maximum absolute atomic E-state index is 12.2. The molecular weight excluding hydrogens is 282 g/mol. The summed E-state index contributed by atoms with van der Waals surface area (Å²) in [5.41, 5.74) is 6.21. The van der Waals surface area contributed by atoms with E-state index in [4.69, 9.17) is 5.73 Å². The number of hydrogen-bond acceptors (Lipinski definition) is 5. The largest absolute Gasteiger partial charge is 0.329 e. The van der Waals surface area contributed by atoms with Gasteiger partial charge in [-0.3, -0.25) is 4.79 Å². The Morgan fingerprint density at radius 1 is 1.30 bits per heavy atom. The first kappa shape index (κ1) is 14.5. The van der Waals surface area contributed by atoms with E-state index in [1.54, 1.807) is 12.1 Å². The van der Waals surface area contributed by atoms with Gasteiger partial charge in [0.05, 0.1) is 10.9 Å². The highest BCUT2D eigenvalue weighted by Gasteiger charge is 2.13. The third-order valence-electron chi connectivity index (χ3n) is 3.02. The smallest absolute Gasteiger partial charge is 0.326 e. The zero-order valence-corrected chi connectivity index (χ0v) is 12.0. The molecule has 0 bridgehead atoms. The summed E-state index contributed by atoms with van der Waals surface area (Å²) in [5.74, 6) is -0.650. The molecule has 0 aliphatic rings. The lowest BCUT2D eigenvalue weighted by Gasteiger charge is -2.08. The molecule has 1 aromatic heterocycles. The number of aryl methyl sites for hydroxylation is 1. The lowest BCUT2D eigenvalue weighted by Crippen LogP contribution is -2.37. The monoisotopic (exact) mass is 297 g/mol. The predicted molar refractivity (Wildman–Crippen MR) is 76.3 cm³/mol. The van der Waals surface area contributed by atoms with Crippen molar-refractivity contribution in [1.29, 1.82) is 0 Å². The molecule has 2 rings (SSSR count). The van der Waals surface area contributed by atoms with E-state index < -0.39 is 27.0 Å². The van der Waals surface area contributed by atoms with Gasteiger partial charge in [-0.05, 0) is 30.2 Å². The molecule has 0 aliphatic carbocycles. The quantitative estimate of drug-likeness (QED) is 0.789. The van der Waals surface area contributed by atoms with Crippen LogP contribution in [0.2, 0.25) is 0 Å². The number of fused-ring (bicyclic) bond motifs is 1. The number of nitrogens with two attached hydrogens (primary N) is 1. The number of H-pyrrole nitrogens is 1. The fraction of sp³-hybridized carbons (Fsp3) is 0.333. The molecule has 0 saturated carbocycles. The molecule has 0 fully saturated rings. The average Bonchev–Trinajstić information content (AvgIpc) is 2.33. The van der Waals surface area contributed by atoms with Crippen LogP contribution in [0.15, 0.2) is 21.7 Å². The summed E-state index contributed by atoms with van der Waals surface area (Å²) in [6.45, 7) is 2.08. The minimum absolute atomic E-state index is 0.249. The highest BCUT2D eigenvalue weighted by Crippen LogP contribution is 2.14. The lowest BCUT2D eigenvalue weighted by molar-refractivity contribution is 0.584. The maximum Gasteiger partial charge on any atom is 0.329 e. The Bertz CT molecular complexity index is 893. The van der Waals surface area contributed by atoms with E-state index in [1.165, 1.54) is 0 Å². The van der Waals surface area contributed by atoms with Gasteiger partial charge in [0.1, 0.15) is 5.88 Å². The van der Waals surface area contributed by atoms with Crippen molar-refractivity contribution in [3.63, 3.8) is 0 Å². The second kappa shape index (κ2) is 4.88. The van der Waals surface area contributed by atoms with Crippen LogP contribution < -0.4 is 17.0 Å². The Kier molecular flexibility index (Phi) is 3.53. The van der Waals surface area contributed by atoms with Crippen molar-refractivity contribution < 1.29 is 8.42 Å². The average molecular weight is 297 g/mol. The normalized spacial score (nSPS) is 11.9. The summed E-state index contributed by atoms with van der Waals surface area (Å²) in [7, 11) is -3.50. The standard InChI is InChI=1S/C12H15N3O4S/c1-7-3-10-9(4-8(7)5-13)11(16)15(12(17)14-10)6-20(2,18)19/h3-4H,5-6,13H2,1-2H3,(H,14,17). The minimum Gasteiger partial charge on any atom is -0.326 e. The first-order valence-electron chi connectivity index (χ1n) is 5.87. The number of aromatic amines is 1. The van der Waals surface area contributed by atoms with Crippen molar-refractivity contribution in [1.82, 2.24) is 9.55 Å². The molecule has 0 aliphatic heterocycles. The molecule has 3 N–H and O–H groups in total. The van der Waals surface area contributed by atoms with Crippen LogP contribution in [-0.4, -0.2) is 24.2 Å². The molecular formula is C12H15N3O4S. The number of hydrogen-bond donors (Lipinski definition) is 2. The molecule has 20 heavy (non-hydrogen) atoms. The Morgan fingerprint density at radius 3 is 2.50 bits per heavy atom. The van der Waals surface area contributed by atoms with Crippen LogP contribution in [0.25, 0.3) is 10.9 Å². The number of rotatable bonds is 3. The number of nitrogens with zero attached hydrogens (tertiary/aromatic N) is 1. The fourth-order valence-corrected chi connectivity index (χ4v) is 2.73. The molecule has 0 spiro atoms. The van der Waals surface area contributed by atoms with Crippen molar-refractivity contribution in [2.75, 3.05) is 6.26 Å². The summed E-state index contributed by atoms with van der Waals surface area (Å²) >= 11 is 0. The Labute approximate surface area is 115 Å². The van der Waals surface area contributed by atoms with Crippen molar-refractivity contribution in [3.05, 3.63) is 44.1 Å². The summed E-state index contributed by atoms with van der Waals surface area (Å²) < 4.78 is 23.2. The summed E-state index contributed by atoms with van der Waals surface area (Å²) in [4.78, 5) is 26.6. The molecule has 0 saturated heterocycles. The van der Waals surface area contributed by atoms with Crippen molar-refractivity contribution >= 4 is 20.7 Å². The SMILES string of the molecule is Cc1cc2[nH]c(=O)n(CS(C)(=O)=O)c(=O)c2cc1CN. The van der Waals surface area contributed by atoms with Crippen LogP contribution in [0.5, 0.6) is 0 Å². The van der Waals surface area contributed by atoms with Gasteiger partial charge in [-0.25, -0.2) is 17.8 Å². The van der Waals surface area contributed by atoms with Crippen molar-refractivity contribution in [2.45, 2.75) is 19.3 Å². The highest BCUT2D eigenvalue weighted by molar-refractivity contribution is 7.89. The molecule has 1 heterocycles. The zero-order valence-electron chi connectivity index (χ0n) is 11.1. The van der Waals surface area contributed by atoms with E-state index in [0.29, 0.717) is 10.1 Å². The van der Waals surface area contributed by atoms with Crippen LogP contribution in [0.1, 0.15) is 11.1 Å². The molecule has 7 nitrogen and oxygen atoms in total. The fourth-order valence-electron chi connectivity index (χ4n) is 2.03. The zero-order chi connectivity index (χ0) is 15.1. The Morgan fingerprint density at radius 2 is 1.95 bits per heavy atom. The highest BCUT2D eigenvalue weighted by atomic mass is 32.2. The second-order valence-electron chi connectivity index (χ2n) is 4.75. The van der Waals surface area contributed by atoms with E-state index in [2.05, 4.69) is 4.98 Å². The van der Waals surface area contributed by atoms with Gasteiger partial charge in [-0.1, -0.05) is 0 Å². The van der Waals surface area contributed by atoms with E-state index >= 15 is 0 Å². The van der Waals surface area contributed by atoms with Gasteiger partial charge in [0, 0.05) is 12.8 Å². The summed E-state index contributed by atoms with van der Waals surface area (Å²) in [6, 6.07) is 3.24. The van der Waals surface area contributed by atoms with Gasteiger partial charge in [0.2, 0.25) is 0 Å². The van der Waals surface area contributed by atoms with Crippen molar-refractivity contribution in [2.24, 2.45) is 5.73 Å². The molecule has 0 amide bonds. The first-order chi connectivity index (χ1) is 9.23. The van der Waals surface area contributed by atoms with E-state index in [-0.39, 0.29) is 11.9 Å². The number of aromatic nitrogens is 2. The number of benzene rings is 1. The van der Waals surface area contributed by atoms with Crippen LogP contribution in [0.3, 0.4) is 0 Å². The Balaban J connectivity index is 2.84. The van der Waals surface area contributed by atoms with Crippen LogP contribution in [-0.2, 0) is 22.3 Å². The predicted octanol–water partition coefficient (Wildman–Crippen LogP) is -0.541. The first-order valence-corrected chi connectivity index (χ1v) is 7.93. The number of nitrogens with one attached hydrogen (secondary N) is 1. The molecule has 108 valence electrons. The van der Waals surface area contributed by atoms with Gasteiger partial charge in [-0.15, -0.1) is 0 Å². The van der Waals surface area contributed by atoms with Gasteiger partial charge in [0.15, 0.2) is 9.84 Å². The third-order valence-corrected chi connectivity index (χ3v) is 3.75. The van der Waals surface area contributed by atoms with Gasteiger partial charge in [0.25, 0.3) is 5.56 Å². The molecule has 0 atom stereocenters. The molecule has 2 aromatic rings. The second-order valence-corrected chi connectivity index (χ2v) is 6.86. The summed E-state index contributed by atoms with van der Waals surface area (Å²) in [5, 5.41) is 0.249. The van der Waals surface area contributed by atoms with Crippen LogP contribution >= 0.6 is 0 Å². The van der Waals surface area contributed by atoms with Gasteiger partial charge < -0.3 is 10.7 Å². The Hall–Kier alpha value is -1.93. The van der Waals surface area contributed by atoms with Gasteiger partial charge >= 0.3 is 5.69 Å². The number of sulfone groups is 1. The van der Waals surface area contributed by atoms with Gasteiger partial charge in [-0.2, -0.15) is 0 Å². The molecule has 0 radical (unpaired) electrons. The minimum atomic E-state index is -3.50. The van der Waals surface area contributed by atoms with E-state index in [0.717, 1.165) is 17.4 Å². The maximum atomic E-state index is 12.2. The van der Waals surface area contributed by atoms with Crippen LogP contribution in [0.4, 0.5) is 0 Å². The van der Waals surface area contributed by atoms with Crippen molar-refractivity contribution in [3.8, 4) is 0 Å². The molecule has 8 heteroatoms. The molecule has 1 aromatic carbocycles.